The molecule has 0 spiro atoms. The molecule has 5 heteroatoms. The largest absolute Gasteiger partial charge is 0.512 e. The van der Waals surface area contributed by atoms with Crippen molar-refractivity contribution in [2.75, 3.05) is 21.3 Å². The summed E-state index contributed by atoms with van der Waals surface area (Å²) in [6.07, 6.45) is 7.79. The Kier molecular flexibility index (Phi) is 4.99. The van der Waals surface area contributed by atoms with Crippen molar-refractivity contribution in [3.05, 3.63) is 47.4 Å². The Morgan fingerprint density at radius 3 is 2.50 bits per heavy atom. The number of hydrogen-bond donors (Lipinski definition) is 2. The number of hydrogen-bond acceptors (Lipinski definition) is 5. The highest BCUT2D eigenvalue weighted by Gasteiger charge is 2.15. The van der Waals surface area contributed by atoms with E-state index < -0.39 is 0 Å². The summed E-state index contributed by atoms with van der Waals surface area (Å²) >= 11 is 0. The van der Waals surface area contributed by atoms with E-state index in [0.29, 0.717) is 23.7 Å². The van der Waals surface area contributed by atoms with Crippen molar-refractivity contribution < 1.29 is 24.4 Å². The maximum absolute atomic E-state index is 10.1. The van der Waals surface area contributed by atoms with Gasteiger partial charge in [-0.15, -0.1) is 0 Å². The molecular weight excluding hydrogens is 284 g/mol. The molecule has 1 aromatic carbocycles. The van der Waals surface area contributed by atoms with Crippen LogP contribution in [0.1, 0.15) is 12.0 Å². The lowest BCUT2D eigenvalue weighted by Gasteiger charge is -2.15. The summed E-state index contributed by atoms with van der Waals surface area (Å²) in [6, 6.07) is 3.47. The van der Waals surface area contributed by atoms with Gasteiger partial charge in [-0.2, -0.15) is 0 Å². The van der Waals surface area contributed by atoms with Gasteiger partial charge in [0.2, 0.25) is 5.75 Å². The number of allylic oxidation sites excluding steroid dienone is 4. The summed E-state index contributed by atoms with van der Waals surface area (Å²) in [5.74, 6) is 1.58. The standard InChI is InChI=1S/C17H20O5/c1-20-14-9-11(8-13(18)10-14)4-5-12-6-7-15(21-2)16(19)17(12)22-3/h4-7,9-11,18-19H,8H2,1-3H3/b5-4+/t11-/m0/s1. The zero-order valence-electron chi connectivity index (χ0n) is 12.9. The molecule has 0 aliphatic heterocycles. The number of aliphatic hydroxyl groups excluding tert-OH is 1. The number of ether oxygens (including phenoxy) is 3. The number of phenolic OH excluding ortho intramolecular Hbond substituents is 1. The molecule has 0 saturated heterocycles. The second kappa shape index (κ2) is 6.93. The van der Waals surface area contributed by atoms with Gasteiger partial charge in [0.25, 0.3) is 0 Å². The average Bonchev–Trinajstić information content (AvgIpc) is 2.52. The number of rotatable bonds is 5. The predicted molar refractivity (Wildman–Crippen MR) is 84.2 cm³/mol. The molecule has 22 heavy (non-hydrogen) atoms. The third-order valence-corrected chi connectivity index (χ3v) is 3.44. The summed E-state index contributed by atoms with van der Waals surface area (Å²) in [6.45, 7) is 0. The molecule has 1 atom stereocenters. The summed E-state index contributed by atoms with van der Waals surface area (Å²) in [4.78, 5) is 0. The second-order valence-corrected chi connectivity index (χ2v) is 4.87. The lowest BCUT2D eigenvalue weighted by atomic mass is 9.97. The van der Waals surface area contributed by atoms with Gasteiger partial charge in [-0.25, -0.2) is 0 Å². The third-order valence-electron chi connectivity index (χ3n) is 3.44. The molecule has 0 amide bonds. The van der Waals surface area contributed by atoms with E-state index in [0.717, 1.165) is 5.56 Å². The van der Waals surface area contributed by atoms with E-state index in [4.69, 9.17) is 14.2 Å². The first-order chi connectivity index (χ1) is 10.6. The van der Waals surface area contributed by atoms with Crippen molar-refractivity contribution in [2.24, 2.45) is 5.92 Å². The normalized spacial score (nSPS) is 17.9. The molecule has 0 bridgehead atoms. The van der Waals surface area contributed by atoms with E-state index in [-0.39, 0.29) is 17.4 Å². The molecule has 1 aromatic rings. The lowest BCUT2D eigenvalue weighted by molar-refractivity contribution is 0.287. The lowest BCUT2D eigenvalue weighted by Crippen LogP contribution is -2.03. The van der Waals surface area contributed by atoms with E-state index in [1.807, 2.05) is 18.2 Å². The van der Waals surface area contributed by atoms with Crippen LogP contribution in [0.3, 0.4) is 0 Å². The van der Waals surface area contributed by atoms with Crippen LogP contribution >= 0.6 is 0 Å². The minimum Gasteiger partial charge on any atom is -0.512 e. The second-order valence-electron chi connectivity index (χ2n) is 4.87. The van der Waals surface area contributed by atoms with Crippen molar-refractivity contribution in [3.8, 4) is 17.2 Å². The molecule has 2 N–H and O–H groups in total. The van der Waals surface area contributed by atoms with Gasteiger partial charge in [-0.3, -0.25) is 0 Å². The van der Waals surface area contributed by atoms with Crippen LogP contribution in [0.5, 0.6) is 17.2 Å². The van der Waals surface area contributed by atoms with Crippen molar-refractivity contribution >= 4 is 6.08 Å². The number of methoxy groups -OCH3 is 3. The summed E-state index contributed by atoms with van der Waals surface area (Å²) in [5.41, 5.74) is 0.724. The van der Waals surface area contributed by atoms with Crippen molar-refractivity contribution in [1.29, 1.82) is 0 Å². The molecule has 0 aromatic heterocycles. The first kappa shape index (κ1) is 15.8. The maximum atomic E-state index is 10.1. The quantitative estimate of drug-likeness (QED) is 0.872. The van der Waals surface area contributed by atoms with Gasteiger partial charge in [0.05, 0.1) is 27.1 Å². The van der Waals surface area contributed by atoms with E-state index in [2.05, 4.69) is 0 Å². The van der Waals surface area contributed by atoms with Crippen LogP contribution < -0.4 is 9.47 Å². The SMILES string of the molecule is COC1=C[C@@H](/C=C/c2ccc(OC)c(O)c2OC)CC(O)=C1. The molecule has 0 fully saturated rings. The minimum absolute atomic E-state index is 0.00824. The molecule has 1 aliphatic rings. The van der Waals surface area contributed by atoms with Gasteiger partial charge in [0.1, 0.15) is 5.76 Å². The molecule has 2 rings (SSSR count). The Morgan fingerprint density at radius 2 is 1.86 bits per heavy atom. The van der Waals surface area contributed by atoms with Crippen molar-refractivity contribution in [3.63, 3.8) is 0 Å². The monoisotopic (exact) mass is 304 g/mol. The molecule has 1 aliphatic carbocycles. The van der Waals surface area contributed by atoms with Crippen LogP contribution in [-0.2, 0) is 4.74 Å². The Hall–Kier alpha value is -2.56. The topological polar surface area (TPSA) is 68.2 Å². The fourth-order valence-electron chi connectivity index (χ4n) is 2.34. The van der Waals surface area contributed by atoms with E-state index in [9.17, 15) is 10.2 Å². The fourth-order valence-corrected chi connectivity index (χ4v) is 2.34. The van der Waals surface area contributed by atoms with Gasteiger partial charge in [-0.1, -0.05) is 12.2 Å². The van der Waals surface area contributed by atoms with Crippen LogP contribution in [0, 0.1) is 5.92 Å². The number of aliphatic hydroxyl groups is 1. The third kappa shape index (κ3) is 3.36. The molecule has 0 unspecified atom stereocenters. The van der Waals surface area contributed by atoms with Crippen LogP contribution in [0.15, 0.2) is 41.9 Å². The summed E-state index contributed by atoms with van der Waals surface area (Å²) < 4.78 is 15.4. The highest BCUT2D eigenvalue weighted by Crippen LogP contribution is 2.39. The molecule has 0 saturated carbocycles. The fraction of sp³-hybridized carbons (Fsp3) is 0.294. The molecular formula is C17H20O5. The zero-order valence-corrected chi connectivity index (χ0v) is 12.9. The van der Waals surface area contributed by atoms with Gasteiger partial charge >= 0.3 is 0 Å². The Balaban J connectivity index is 2.26. The Morgan fingerprint density at radius 1 is 1.09 bits per heavy atom. The molecule has 118 valence electrons. The van der Waals surface area contributed by atoms with Crippen molar-refractivity contribution in [1.82, 2.24) is 0 Å². The number of benzene rings is 1. The highest BCUT2D eigenvalue weighted by atomic mass is 16.5. The van der Waals surface area contributed by atoms with E-state index in [1.165, 1.54) is 14.2 Å². The Bertz CT molecular complexity index is 628. The predicted octanol–water partition coefficient (Wildman–Crippen LogP) is 3.41. The summed E-state index contributed by atoms with van der Waals surface area (Å²) in [7, 11) is 4.54. The smallest absolute Gasteiger partial charge is 0.201 e. The Labute approximate surface area is 129 Å². The maximum Gasteiger partial charge on any atom is 0.201 e. The van der Waals surface area contributed by atoms with Gasteiger partial charge in [0.15, 0.2) is 11.5 Å². The minimum atomic E-state index is -0.0355. The molecule has 0 radical (unpaired) electrons. The zero-order chi connectivity index (χ0) is 16.1. The van der Waals surface area contributed by atoms with E-state index in [1.54, 1.807) is 25.3 Å². The summed E-state index contributed by atoms with van der Waals surface area (Å²) in [5, 5.41) is 19.8. The highest BCUT2D eigenvalue weighted by molar-refractivity contribution is 5.66. The number of aromatic hydroxyl groups is 1. The van der Waals surface area contributed by atoms with Crippen LogP contribution in [0.25, 0.3) is 6.08 Å². The van der Waals surface area contributed by atoms with Crippen molar-refractivity contribution in [2.45, 2.75) is 6.42 Å². The van der Waals surface area contributed by atoms with Crippen LogP contribution in [-0.4, -0.2) is 31.5 Å². The van der Waals surface area contributed by atoms with Crippen LogP contribution in [0.4, 0.5) is 0 Å². The van der Waals surface area contributed by atoms with Gasteiger partial charge in [-0.05, 0) is 18.2 Å². The van der Waals surface area contributed by atoms with Gasteiger partial charge in [0, 0.05) is 24.0 Å². The van der Waals surface area contributed by atoms with Crippen LogP contribution in [0.2, 0.25) is 0 Å². The van der Waals surface area contributed by atoms with Gasteiger partial charge < -0.3 is 24.4 Å². The van der Waals surface area contributed by atoms with E-state index >= 15 is 0 Å². The molecule has 5 nitrogen and oxygen atoms in total. The first-order valence-electron chi connectivity index (χ1n) is 6.86. The first-order valence-corrected chi connectivity index (χ1v) is 6.86. The molecule has 0 heterocycles. The number of phenols is 1. The average molecular weight is 304 g/mol.